The Morgan fingerprint density at radius 1 is 0.955 bits per heavy atom. The van der Waals surface area contributed by atoms with E-state index in [-0.39, 0.29) is 6.54 Å². The van der Waals surface area contributed by atoms with Crippen molar-refractivity contribution >= 4 is 17.9 Å². The monoisotopic (exact) mass is 315 g/mol. The van der Waals surface area contributed by atoms with Crippen molar-refractivity contribution < 1.29 is 19.5 Å². The van der Waals surface area contributed by atoms with Crippen molar-refractivity contribution in [1.82, 2.24) is 16.0 Å². The highest BCUT2D eigenvalue weighted by atomic mass is 16.4. The molecule has 0 saturated carbocycles. The maximum Gasteiger partial charge on any atom is 0.325 e. The number of hydrogen-bond acceptors (Lipinski definition) is 3. The molecule has 0 unspecified atom stereocenters. The van der Waals surface area contributed by atoms with Gasteiger partial charge in [-0.3, -0.25) is 9.59 Å². The standard InChI is InChI=1S/C15H29N3O4/c1-3-4-5-6-7-8-9-10-16-15(22)17-11-13(19)18-12(2)14(20)21/h12H,3-11H2,1-2H3,(H,18,19)(H,20,21)(H2,16,17,22)/t12-/m0/s1. The number of unbranched alkanes of at least 4 members (excludes halogenated alkanes) is 6. The van der Waals surface area contributed by atoms with Crippen molar-refractivity contribution in [1.29, 1.82) is 0 Å². The number of nitrogens with one attached hydrogen (secondary N) is 3. The summed E-state index contributed by atoms with van der Waals surface area (Å²) < 4.78 is 0. The smallest absolute Gasteiger partial charge is 0.325 e. The molecule has 0 rings (SSSR count). The molecule has 0 aromatic carbocycles. The Morgan fingerprint density at radius 2 is 1.55 bits per heavy atom. The van der Waals surface area contributed by atoms with Gasteiger partial charge in [-0.2, -0.15) is 0 Å². The van der Waals surface area contributed by atoms with E-state index in [1.165, 1.54) is 39.0 Å². The topological polar surface area (TPSA) is 108 Å². The minimum absolute atomic E-state index is 0.236. The average molecular weight is 315 g/mol. The average Bonchev–Trinajstić information content (AvgIpc) is 2.47. The van der Waals surface area contributed by atoms with Crippen LogP contribution >= 0.6 is 0 Å². The van der Waals surface area contributed by atoms with Gasteiger partial charge < -0.3 is 21.1 Å². The molecule has 7 heteroatoms. The summed E-state index contributed by atoms with van der Waals surface area (Å²) in [6, 6.07) is -1.38. The number of carboxylic acid groups (broad SMARTS) is 1. The molecule has 3 amide bonds. The number of rotatable bonds is 12. The number of hydrogen-bond donors (Lipinski definition) is 4. The Balaban J connectivity index is 3.50. The van der Waals surface area contributed by atoms with Gasteiger partial charge in [-0.1, -0.05) is 45.4 Å². The van der Waals surface area contributed by atoms with E-state index in [0.717, 1.165) is 12.8 Å². The molecular weight excluding hydrogens is 286 g/mol. The second kappa shape index (κ2) is 12.9. The van der Waals surface area contributed by atoms with Crippen molar-refractivity contribution in [3.63, 3.8) is 0 Å². The lowest BCUT2D eigenvalue weighted by atomic mass is 10.1. The molecule has 0 fully saturated rings. The number of urea groups is 1. The Labute approximate surface area is 132 Å². The van der Waals surface area contributed by atoms with Crippen molar-refractivity contribution in [2.24, 2.45) is 0 Å². The summed E-state index contributed by atoms with van der Waals surface area (Å²) in [5, 5.41) is 15.9. The van der Waals surface area contributed by atoms with Crippen LogP contribution in [0.25, 0.3) is 0 Å². The first-order valence-electron chi connectivity index (χ1n) is 8.01. The zero-order valence-electron chi connectivity index (χ0n) is 13.6. The highest BCUT2D eigenvalue weighted by molar-refractivity contribution is 5.87. The molecule has 0 bridgehead atoms. The molecule has 0 aliphatic heterocycles. The van der Waals surface area contributed by atoms with E-state index in [2.05, 4.69) is 22.9 Å². The van der Waals surface area contributed by atoms with Gasteiger partial charge in [-0.25, -0.2) is 4.79 Å². The first-order chi connectivity index (χ1) is 10.5. The van der Waals surface area contributed by atoms with Crippen LogP contribution in [0.5, 0.6) is 0 Å². The second-order valence-corrected chi connectivity index (χ2v) is 5.36. The summed E-state index contributed by atoms with van der Waals surface area (Å²) in [6.07, 6.45) is 8.21. The third-order valence-corrected chi connectivity index (χ3v) is 3.22. The van der Waals surface area contributed by atoms with Gasteiger partial charge in [0.1, 0.15) is 6.04 Å². The fourth-order valence-electron chi connectivity index (χ4n) is 1.86. The quantitative estimate of drug-likeness (QED) is 0.410. The molecule has 0 heterocycles. The van der Waals surface area contributed by atoms with Crippen LogP contribution in [0.15, 0.2) is 0 Å². The van der Waals surface area contributed by atoms with Crippen LogP contribution in [0.1, 0.15) is 58.8 Å². The number of carbonyl (C=O) groups is 3. The lowest BCUT2D eigenvalue weighted by molar-refractivity contribution is -0.141. The van der Waals surface area contributed by atoms with Crippen LogP contribution in [0.4, 0.5) is 4.79 Å². The molecule has 0 aliphatic rings. The minimum atomic E-state index is -1.11. The van der Waals surface area contributed by atoms with Gasteiger partial charge in [0, 0.05) is 6.54 Å². The summed E-state index contributed by atoms with van der Waals surface area (Å²) in [5.41, 5.74) is 0. The van der Waals surface area contributed by atoms with Crippen LogP contribution in [-0.2, 0) is 9.59 Å². The van der Waals surface area contributed by atoms with Crippen molar-refractivity contribution in [2.45, 2.75) is 64.8 Å². The first kappa shape index (κ1) is 20.2. The van der Waals surface area contributed by atoms with Gasteiger partial charge in [0.05, 0.1) is 6.54 Å². The molecule has 0 radical (unpaired) electrons. The second-order valence-electron chi connectivity index (χ2n) is 5.36. The maximum atomic E-state index is 11.4. The zero-order chi connectivity index (χ0) is 16.8. The Bertz CT molecular complexity index is 348. The van der Waals surface area contributed by atoms with Crippen molar-refractivity contribution in [3.05, 3.63) is 0 Å². The van der Waals surface area contributed by atoms with E-state index < -0.39 is 23.9 Å². The molecule has 4 N–H and O–H groups in total. The van der Waals surface area contributed by atoms with Gasteiger partial charge in [0.15, 0.2) is 0 Å². The Morgan fingerprint density at radius 3 is 2.14 bits per heavy atom. The SMILES string of the molecule is CCCCCCCCCNC(=O)NCC(=O)N[C@@H](C)C(=O)O. The van der Waals surface area contributed by atoms with Gasteiger partial charge in [-0.05, 0) is 13.3 Å². The van der Waals surface area contributed by atoms with Gasteiger partial charge in [-0.15, -0.1) is 0 Å². The number of aliphatic carboxylic acids is 1. The van der Waals surface area contributed by atoms with Gasteiger partial charge in [0.2, 0.25) is 5.91 Å². The summed E-state index contributed by atoms with van der Waals surface area (Å²) in [5.74, 6) is -1.64. The zero-order valence-corrected chi connectivity index (χ0v) is 13.6. The minimum Gasteiger partial charge on any atom is -0.480 e. The van der Waals surface area contributed by atoms with Gasteiger partial charge in [0.25, 0.3) is 0 Å². The number of amides is 3. The summed E-state index contributed by atoms with van der Waals surface area (Å²) in [6.45, 7) is 3.89. The summed E-state index contributed by atoms with van der Waals surface area (Å²) in [4.78, 5) is 33.3. The van der Waals surface area contributed by atoms with E-state index in [0.29, 0.717) is 6.54 Å². The van der Waals surface area contributed by atoms with Crippen molar-refractivity contribution in [2.75, 3.05) is 13.1 Å². The van der Waals surface area contributed by atoms with E-state index in [9.17, 15) is 14.4 Å². The lowest BCUT2D eigenvalue weighted by Gasteiger charge is -2.10. The van der Waals surface area contributed by atoms with E-state index in [4.69, 9.17) is 5.11 Å². The summed E-state index contributed by atoms with van der Waals surface area (Å²) >= 11 is 0. The maximum absolute atomic E-state index is 11.4. The van der Waals surface area contributed by atoms with Crippen LogP contribution < -0.4 is 16.0 Å². The summed E-state index contributed by atoms with van der Waals surface area (Å²) in [7, 11) is 0. The van der Waals surface area contributed by atoms with E-state index >= 15 is 0 Å². The molecule has 0 aromatic rings. The molecule has 128 valence electrons. The van der Waals surface area contributed by atoms with Crippen LogP contribution in [-0.4, -0.2) is 42.1 Å². The Kier molecular flexibility index (Phi) is 11.9. The fourth-order valence-corrected chi connectivity index (χ4v) is 1.86. The molecular formula is C15H29N3O4. The predicted octanol–water partition coefficient (Wildman–Crippen LogP) is 1.63. The highest BCUT2D eigenvalue weighted by Gasteiger charge is 2.13. The lowest BCUT2D eigenvalue weighted by Crippen LogP contribution is -2.46. The molecule has 1 atom stereocenters. The van der Waals surface area contributed by atoms with Crippen LogP contribution in [0.2, 0.25) is 0 Å². The first-order valence-corrected chi connectivity index (χ1v) is 8.01. The van der Waals surface area contributed by atoms with Crippen LogP contribution in [0, 0.1) is 0 Å². The predicted molar refractivity (Wildman–Crippen MR) is 84.6 cm³/mol. The highest BCUT2D eigenvalue weighted by Crippen LogP contribution is 2.06. The molecule has 22 heavy (non-hydrogen) atoms. The fraction of sp³-hybridized carbons (Fsp3) is 0.800. The molecule has 0 aromatic heterocycles. The number of carboxylic acids is 1. The van der Waals surface area contributed by atoms with Gasteiger partial charge >= 0.3 is 12.0 Å². The Hall–Kier alpha value is -1.79. The normalized spacial score (nSPS) is 11.5. The van der Waals surface area contributed by atoms with Crippen molar-refractivity contribution in [3.8, 4) is 0 Å². The van der Waals surface area contributed by atoms with E-state index in [1.54, 1.807) is 0 Å². The molecule has 0 aliphatic carbocycles. The molecule has 0 saturated heterocycles. The third-order valence-electron chi connectivity index (χ3n) is 3.22. The molecule has 0 spiro atoms. The molecule has 7 nitrogen and oxygen atoms in total. The largest absolute Gasteiger partial charge is 0.480 e. The third kappa shape index (κ3) is 12.0. The van der Waals surface area contributed by atoms with Crippen LogP contribution in [0.3, 0.4) is 0 Å². The van der Waals surface area contributed by atoms with E-state index in [1.807, 2.05) is 0 Å². The number of carbonyl (C=O) groups excluding carboxylic acids is 2.